The summed E-state index contributed by atoms with van der Waals surface area (Å²) in [6, 6.07) is 0. The van der Waals surface area contributed by atoms with E-state index in [1.54, 1.807) is 11.6 Å². The molecule has 0 saturated carbocycles. The zero-order valence-electron chi connectivity index (χ0n) is 3.48. The van der Waals surface area contributed by atoms with Crippen LogP contribution in [0.2, 0.25) is 0 Å². The lowest BCUT2D eigenvalue weighted by Crippen LogP contribution is -2.23. The number of hydrogen-bond donors (Lipinski definition) is 1. The third-order valence-electron chi connectivity index (χ3n) is 0.643. The average Bonchev–Trinajstić information content (AvgIpc) is 1.72. The lowest BCUT2D eigenvalue weighted by atomic mass is 10.3. The molecule has 0 aromatic heterocycles. The Labute approximate surface area is 43.0 Å². The van der Waals surface area contributed by atoms with E-state index in [4.69, 9.17) is 0 Å². The van der Waals surface area contributed by atoms with Crippen molar-refractivity contribution in [3.63, 3.8) is 0 Å². The van der Waals surface area contributed by atoms with E-state index in [0.29, 0.717) is 0 Å². The molecule has 0 bridgehead atoms. The van der Waals surface area contributed by atoms with Crippen LogP contribution < -0.4 is 5.23 Å². The zero-order chi connectivity index (χ0) is 4.24. The molecule has 1 aliphatic rings. The molecule has 0 amide bonds. The van der Waals surface area contributed by atoms with Crippen LogP contribution in [0.15, 0.2) is 0 Å². The Balaban J connectivity index is 2.00. The first-order valence-electron chi connectivity index (χ1n) is 1.98. The highest BCUT2D eigenvalue weighted by atomic mass is 32.2. The molecule has 1 aliphatic heterocycles. The van der Waals surface area contributed by atoms with Crippen molar-refractivity contribution in [2.75, 3.05) is 12.3 Å². The molecule has 1 N–H and O–H groups in total. The molecular formula is C3H6BNS. The van der Waals surface area contributed by atoms with Crippen molar-refractivity contribution in [2.24, 2.45) is 0 Å². The molecule has 1 saturated heterocycles. The SMILES string of the molecule is [B]1NC[CH]CS1. The van der Waals surface area contributed by atoms with Crippen LogP contribution in [0.3, 0.4) is 0 Å². The van der Waals surface area contributed by atoms with E-state index in [2.05, 4.69) is 11.6 Å². The van der Waals surface area contributed by atoms with Crippen LogP contribution in [0.1, 0.15) is 0 Å². The van der Waals surface area contributed by atoms with Gasteiger partial charge in [-0.25, -0.2) is 0 Å². The van der Waals surface area contributed by atoms with Crippen molar-refractivity contribution >= 4 is 18.3 Å². The molecule has 32 valence electrons. The highest BCUT2D eigenvalue weighted by Gasteiger charge is 1.97. The quantitative estimate of drug-likeness (QED) is 0.431. The molecule has 0 aromatic carbocycles. The van der Waals surface area contributed by atoms with Gasteiger partial charge in [0.15, 0.2) is 0 Å². The Kier molecular flexibility index (Phi) is 1.91. The van der Waals surface area contributed by atoms with Crippen LogP contribution in [-0.4, -0.2) is 19.0 Å². The Morgan fingerprint density at radius 2 is 2.83 bits per heavy atom. The van der Waals surface area contributed by atoms with E-state index in [1.807, 2.05) is 6.69 Å². The summed E-state index contributed by atoms with van der Waals surface area (Å²) in [5.74, 6) is 1.17. The molecule has 1 rings (SSSR count). The van der Waals surface area contributed by atoms with E-state index in [-0.39, 0.29) is 0 Å². The fourth-order valence-electron chi connectivity index (χ4n) is 0.365. The van der Waals surface area contributed by atoms with E-state index in [9.17, 15) is 0 Å². The van der Waals surface area contributed by atoms with E-state index < -0.39 is 0 Å². The van der Waals surface area contributed by atoms with Crippen molar-refractivity contribution in [2.45, 2.75) is 0 Å². The normalized spacial score (nSPS) is 22.7. The average molecular weight is 99.0 g/mol. The van der Waals surface area contributed by atoms with Crippen LogP contribution in [0.5, 0.6) is 0 Å². The molecule has 0 atom stereocenters. The minimum absolute atomic E-state index is 1.05. The van der Waals surface area contributed by atoms with Crippen LogP contribution >= 0.6 is 11.6 Å². The van der Waals surface area contributed by atoms with Crippen molar-refractivity contribution in [1.82, 2.24) is 5.23 Å². The molecule has 0 spiro atoms. The minimum atomic E-state index is 1.05. The van der Waals surface area contributed by atoms with Gasteiger partial charge in [-0.15, -0.1) is 0 Å². The summed E-state index contributed by atoms with van der Waals surface area (Å²) in [5, 5.41) is 3.07. The van der Waals surface area contributed by atoms with Gasteiger partial charge in [0, 0.05) is 0 Å². The van der Waals surface area contributed by atoms with E-state index in [1.165, 1.54) is 5.75 Å². The number of nitrogens with one attached hydrogen (secondary N) is 1. The van der Waals surface area contributed by atoms with Gasteiger partial charge in [0.1, 0.15) is 0 Å². The first kappa shape index (κ1) is 4.53. The van der Waals surface area contributed by atoms with Gasteiger partial charge in [0.25, 0.3) is 6.69 Å². The summed E-state index contributed by atoms with van der Waals surface area (Å²) in [4.78, 5) is 0. The Hall–Kier alpha value is 0.375. The summed E-state index contributed by atoms with van der Waals surface area (Å²) in [5.41, 5.74) is 0. The summed E-state index contributed by atoms with van der Waals surface area (Å²) >= 11 is 1.80. The summed E-state index contributed by atoms with van der Waals surface area (Å²) in [6.07, 6.45) is 2.21. The van der Waals surface area contributed by atoms with Crippen molar-refractivity contribution in [3.8, 4) is 0 Å². The van der Waals surface area contributed by atoms with E-state index >= 15 is 0 Å². The molecule has 1 nitrogen and oxygen atoms in total. The lowest BCUT2D eigenvalue weighted by Gasteiger charge is -2.06. The Morgan fingerprint density at radius 1 is 1.83 bits per heavy atom. The third kappa shape index (κ3) is 1.23. The highest BCUT2D eigenvalue weighted by molar-refractivity contribution is 8.22. The fraction of sp³-hybridized carbons (Fsp3) is 0.667. The second-order valence-electron chi connectivity index (χ2n) is 1.15. The molecule has 3 heteroatoms. The fourth-order valence-corrected chi connectivity index (χ4v) is 0.930. The maximum Gasteiger partial charge on any atom is 0.285 e. The van der Waals surface area contributed by atoms with Gasteiger partial charge in [-0.1, -0.05) is 0 Å². The maximum absolute atomic E-state index is 3.07. The predicted molar refractivity (Wildman–Crippen MR) is 30.5 cm³/mol. The molecule has 1 fully saturated rings. The van der Waals surface area contributed by atoms with Crippen molar-refractivity contribution < 1.29 is 0 Å². The molecule has 0 unspecified atom stereocenters. The van der Waals surface area contributed by atoms with Gasteiger partial charge >= 0.3 is 0 Å². The standard InChI is InChI=1S/C3H6BNS/c1-2-5-4-6-3-1/h1,5H,2-3H2. The Morgan fingerprint density at radius 3 is 3.00 bits per heavy atom. The van der Waals surface area contributed by atoms with Gasteiger partial charge in [-0.05, 0) is 18.7 Å². The predicted octanol–water partition coefficient (Wildman–Crippen LogP) is 0.0613. The van der Waals surface area contributed by atoms with Crippen molar-refractivity contribution in [3.05, 3.63) is 6.42 Å². The van der Waals surface area contributed by atoms with Crippen LogP contribution in [0.25, 0.3) is 0 Å². The van der Waals surface area contributed by atoms with Crippen LogP contribution in [0, 0.1) is 6.42 Å². The molecular weight excluding hydrogens is 92.9 g/mol. The Bertz CT molecular complexity index is 26.3. The highest BCUT2D eigenvalue weighted by Crippen LogP contribution is 1.99. The smallest absolute Gasteiger partial charge is 0.285 e. The molecule has 0 aromatic rings. The molecule has 1 heterocycles. The van der Waals surface area contributed by atoms with Crippen LogP contribution in [-0.2, 0) is 0 Å². The summed E-state index contributed by atoms with van der Waals surface area (Å²) in [6.45, 7) is 3.08. The molecule has 0 aliphatic carbocycles. The zero-order valence-corrected chi connectivity index (χ0v) is 4.29. The molecule has 6 heavy (non-hydrogen) atoms. The third-order valence-corrected chi connectivity index (χ3v) is 1.40. The van der Waals surface area contributed by atoms with Gasteiger partial charge in [-0.3, -0.25) is 0 Å². The van der Waals surface area contributed by atoms with Gasteiger partial charge in [0.2, 0.25) is 0 Å². The first-order chi connectivity index (χ1) is 3.00. The van der Waals surface area contributed by atoms with Gasteiger partial charge in [0.05, 0.1) is 0 Å². The summed E-state index contributed by atoms with van der Waals surface area (Å²) < 4.78 is 0. The summed E-state index contributed by atoms with van der Waals surface area (Å²) in [7, 11) is 0. The maximum atomic E-state index is 3.07. The topological polar surface area (TPSA) is 12.0 Å². The number of rotatable bonds is 0. The second kappa shape index (κ2) is 2.53. The monoisotopic (exact) mass is 99.0 g/mol. The number of hydrogen-bond acceptors (Lipinski definition) is 2. The molecule has 2 radical (unpaired) electrons. The van der Waals surface area contributed by atoms with Gasteiger partial charge in [-0.2, -0.15) is 11.6 Å². The van der Waals surface area contributed by atoms with E-state index in [0.717, 1.165) is 6.54 Å². The lowest BCUT2D eigenvalue weighted by molar-refractivity contribution is 1.02. The first-order valence-corrected chi connectivity index (χ1v) is 3.03. The van der Waals surface area contributed by atoms with Crippen molar-refractivity contribution in [1.29, 1.82) is 0 Å². The largest absolute Gasteiger partial charge is 0.350 e. The minimum Gasteiger partial charge on any atom is -0.350 e. The van der Waals surface area contributed by atoms with Crippen LogP contribution in [0.4, 0.5) is 0 Å². The second-order valence-corrected chi connectivity index (χ2v) is 2.05. The van der Waals surface area contributed by atoms with Gasteiger partial charge < -0.3 is 5.23 Å².